The Morgan fingerprint density at radius 2 is 0.833 bits per heavy atom. The lowest BCUT2D eigenvalue weighted by atomic mass is 9.82. The third-order valence-corrected chi connectivity index (χ3v) is 15.1. The number of ether oxygens (including phenoxy) is 8. The minimum atomic E-state index is -0.658. The van der Waals surface area contributed by atoms with Crippen molar-refractivity contribution in [3.63, 3.8) is 0 Å². The molecule has 0 aromatic heterocycles. The normalized spacial score (nSPS) is 17.2. The van der Waals surface area contributed by atoms with Crippen LogP contribution < -0.4 is 29.6 Å². The van der Waals surface area contributed by atoms with Gasteiger partial charge in [-0.1, -0.05) is 60.9 Å². The number of alkyl carbamates (subject to hydrolysis) is 2. The van der Waals surface area contributed by atoms with Crippen LogP contribution in [0.2, 0.25) is 0 Å². The van der Waals surface area contributed by atoms with Crippen LogP contribution in [0.15, 0.2) is 105 Å². The number of nitrogens with zero attached hydrogens (tertiary/aromatic N) is 2. The van der Waals surface area contributed by atoms with Gasteiger partial charge in [0.1, 0.15) is 53.9 Å². The summed E-state index contributed by atoms with van der Waals surface area (Å²) in [6.45, 7) is 10.3. The van der Waals surface area contributed by atoms with Gasteiger partial charge in [0.25, 0.3) is 0 Å². The first-order chi connectivity index (χ1) is 37.5. The molecule has 3 aliphatic rings. The van der Waals surface area contributed by atoms with Gasteiger partial charge in [-0.3, -0.25) is 19.2 Å². The zero-order valence-electron chi connectivity index (χ0n) is 43.1. The van der Waals surface area contributed by atoms with E-state index in [2.05, 4.69) is 23.8 Å². The Hall–Kier alpha value is -8.08. The highest BCUT2D eigenvalue weighted by Crippen LogP contribution is 2.59. The van der Waals surface area contributed by atoms with Gasteiger partial charge < -0.3 is 48.5 Å². The second kappa shape index (κ2) is 29.4. The van der Waals surface area contributed by atoms with Crippen molar-refractivity contribution >= 4 is 71.5 Å². The first-order valence-corrected chi connectivity index (χ1v) is 26.7. The molecule has 410 valence electrons. The number of esters is 6. The average Bonchev–Trinajstić information content (AvgIpc) is 3.90. The summed E-state index contributed by atoms with van der Waals surface area (Å²) < 4.78 is 43.6. The first kappa shape index (κ1) is 59.2. The van der Waals surface area contributed by atoms with E-state index in [0.717, 1.165) is 34.7 Å². The predicted octanol–water partition coefficient (Wildman–Crippen LogP) is 8.55. The number of benzene rings is 3. The average molecular weight is 1110 g/mol. The minimum absolute atomic E-state index is 0.0174. The predicted molar refractivity (Wildman–Crippen MR) is 280 cm³/mol. The summed E-state index contributed by atoms with van der Waals surface area (Å²) in [6, 6.07) is 20.4. The molecule has 3 aromatic rings. The maximum Gasteiger partial charge on any atom is 0.407 e. The quantitative estimate of drug-likeness (QED) is 0.0238. The number of nitriles is 2. The third-order valence-electron chi connectivity index (χ3n) is 12.5. The number of carbonyl (C=O) groups is 8. The maximum absolute atomic E-state index is 13.6. The maximum atomic E-state index is 13.6. The number of hydrogen-bond donors (Lipinski definition) is 2. The molecule has 0 saturated heterocycles. The molecular formula is C56H58N4O16S2. The molecule has 2 fully saturated rings. The van der Waals surface area contributed by atoms with Crippen molar-refractivity contribution in [2.75, 3.05) is 39.5 Å². The smallest absolute Gasteiger partial charge is 0.407 e. The lowest BCUT2D eigenvalue weighted by Gasteiger charge is -2.26. The minimum Gasteiger partial charge on any atom is -0.460 e. The zero-order chi connectivity index (χ0) is 56.1. The number of hydrogen-bond acceptors (Lipinski definition) is 20. The van der Waals surface area contributed by atoms with Gasteiger partial charge in [-0.25, -0.2) is 19.2 Å². The van der Waals surface area contributed by atoms with Crippen LogP contribution in [-0.4, -0.2) is 87.5 Å². The SMILES string of the molecule is C=C(C)C(=O)OCCNC(=O)OCCc1ccc(OC(=O)C2CCC(C(=O)Oc3ccc(OC(=O)C4CCC(C(=O)Oc5ccc(CCOC(=O)NCCOC(=O)C(=C)C)cc5)CC4)c4c3SC(=C(C#N)C#N)S4)CC2)cc1. The Bertz CT molecular complexity index is 2680. The first-order valence-electron chi connectivity index (χ1n) is 25.1. The van der Waals surface area contributed by atoms with Crippen LogP contribution in [0, 0.1) is 46.3 Å². The van der Waals surface area contributed by atoms with Crippen molar-refractivity contribution in [3.8, 4) is 35.1 Å². The fraction of sp³-hybridized carbons (Fsp3) is 0.393. The Labute approximate surface area is 459 Å². The van der Waals surface area contributed by atoms with Crippen LogP contribution in [0.4, 0.5) is 9.59 Å². The van der Waals surface area contributed by atoms with E-state index in [1.165, 1.54) is 26.0 Å². The van der Waals surface area contributed by atoms with Crippen LogP contribution in [0.1, 0.15) is 76.3 Å². The molecule has 2 amide bonds. The molecular weight excluding hydrogens is 1050 g/mol. The number of nitrogens with one attached hydrogen (secondary N) is 2. The largest absolute Gasteiger partial charge is 0.460 e. The van der Waals surface area contributed by atoms with Gasteiger partial charge in [0.2, 0.25) is 0 Å². The summed E-state index contributed by atoms with van der Waals surface area (Å²) in [5.41, 5.74) is 2.03. The van der Waals surface area contributed by atoms with Gasteiger partial charge in [-0.2, -0.15) is 10.5 Å². The summed E-state index contributed by atoms with van der Waals surface area (Å²) in [5.74, 6) is -3.93. The molecule has 2 saturated carbocycles. The summed E-state index contributed by atoms with van der Waals surface area (Å²) in [5, 5.41) is 24.3. The molecule has 20 nitrogen and oxygen atoms in total. The van der Waals surface area contributed by atoms with Crippen LogP contribution in [0.25, 0.3) is 0 Å². The number of rotatable bonds is 22. The van der Waals surface area contributed by atoms with E-state index in [1.807, 2.05) is 12.1 Å². The molecule has 0 bridgehead atoms. The van der Waals surface area contributed by atoms with Gasteiger partial charge in [0.15, 0.2) is 0 Å². The van der Waals surface area contributed by atoms with Crippen molar-refractivity contribution in [1.82, 2.24) is 10.6 Å². The van der Waals surface area contributed by atoms with E-state index in [1.54, 1.807) is 48.5 Å². The zero-order valence-corrected chi connectivity index (χ0v) is 44.7. The molecule has 0 unspecified atom stereocenters. The topological polar surface area (TPSA) is 282 Å². The molecule has 1 heterocycles. The Balaban J connectivity index is 0.924. The monoisotopic (exact) mass is 1110 g/mol. The Kier molecular flexibility index (Phi) is 22.3. The number of thioether (sulfide) groups is 2. The Morgan fingerprint density at radius 3 is 1.15 bits per heavy atom. The highest BCUT2D eigenvalue weighted by atomic mass is 32.2. The van der Waals surface area contributed by atoms with Gasteiger partial charge in [-0.15, -0.1) is 0 Å². The molecule has 3 aromatic carbocycles. The van der Waals surface area contributed by atoms with Crippen molar-refractivity contribution in [3.05, 3.63) is 106 Å². The lowest BCUT2D eigenvalue weighted by molar-refractivity contribution is -0.145. The van der Waals surface area contributed by atoms with E-state index in [9.17, 15) is 48.9 Å². The fourth-order valence-corrected chi connectivity index (χ4v) is 10.6. The van der Waals surface area contributed by atoms with Crippen molar-refractivity contribution in [2.45, 2.75) is 87.8 Å². The molecule has 2 aliphatic carbocycles. The van der Waals surface area contributed by atoms with E-state index in [-0.39, 0.29) is 67.7 Å². The van der Waals surface area contributed by atoms with Gasteiger partial charge in [0.05, 0.1) is 64.0 Å². The number of amides is 2. The van der Waals surface area contributed by atoms with Crippen LogP contribution in [-0.2, 0) is 60.6 Å². The summed E-state index contributed by atoms with van der Waals surface area (Å²) in [4.78, 5) is 101. The molecule has 0 radical (unpaired) electrons. The molecule has 1 aliphatic heterocycles. The van der Waals surface area contributed by atoms with Crippen molar-refractivity contribution < 1.29 is 76.3 Å². The molecule has 6 rings (SSSR count). The summed E-state index contributed by atoms with van der Waals surface area (Å²) in [7, 11) is 0. The van der Waals surface area contributed by atoms with Crippen molar-refractivity contribution in [1.29, 1.82) is 10.5 Å². The van der Waals surface area contributed by atoms with Gasteiger partial charge in [0, 0.05) is 24.0 Å². The lowest BCUT2D eigenvalue weighted by Crippen LogP contribution is -2.30. The molecule has 0 spiro atoms. The van der Waals surface area contributed by atoms with E-state index in [0.29, 0.717) is 89.7 Å². The van der Waals surface area contributed by atoms with Gasteiger partial charge in [-0.05, 0) is 113 Å². The molecule has 78 heavy (non-hydrogen) atoms. The van der Waals surface area contributed by atoms with Crippen molar-refractivity contribution in [2.24, 2.45) is 23.7 Å². The number of allylic oxidation sites excluding steroid dienone is 1. The number of fused-ring (bicyclic) bond motifs is 1. The third kappa shape index (κ3) is 17.7. The molecule has 22 heteroatoms. The van der Waals surface area contributed by atoms with Crippen LogP contribution in [0.3, 0.4) is 0 Å². The van der Waals surface area contributed by atoms with E-state index in [4.69, 9.17) is 37.9 Å². The van der Waals surface area contributed by atoms with Crippen LogP contribution in [0.5, 0.6) is 23.0 Å². The second-order valence-electron chi connectivity index (χ2n) is 18.3. The number of carbonyl (C=O) groups excluding carboxylic acids is 8. The Morgan fingerprint density at radius 1 is 0.500 bits per heavy atom. The second-order valence-corrected chi connectivity index (χ2v) is 20.6. The van der Waals surface area contributed by atoms with Gasteiger partial charge >= 0.3 is 48.0 Å². The summed E-state index contributed by atoms with van der Waals surface area (Å²) >= 11 is 2.12. The highest BCUT2D eigenvalue weighted by molar-refractivity contribution is 8.24. The summed E-state index contributed by atoms with van der Waals surface area (Å²) in [6.07, 6.45) is 2.45. The highest BCUT2D eigenvalue weighted by Gasteiger charge is 2.37. The molecule has 0 atom stereocenters. The van der Waals surface area contributed by atoms with E-state index < -0.39 is 71.7 Å². The standard InChI is InChI=1S/C56H58N4O16S2/c1-33(2)48(61)69-29-25-59-55(67)71-27-23-35-5-17-42(18-6-35)73-50(63)37-9-13-39(14-10-37)52(65)75-44-21-22-45(47-46(44)77-54(78-47)41(31-57)32-58)76-53(66)40-15-11-38(12-16-40)51(64)74-43-19-7-36(8-20-43)24-28-72-56(68)60-26-30-70-49(62)34(3)4/h5-8,17-22,37-40H,1,3,9-16,23-30H2,2,4H3,(H,59,67)(H,60,68). The fourth-order valence-electron chi connectivity index (χ4n) is 8.13. The van der Waals surface area contributed by atoms with Crippen LogP contribution >= 0.6 is 23.5 Å². The van der Waals surface area contributed by atoms with E-state index >= 15 is 0 Å². The molecule has 2 N–H and O–H groups in total.